The molecular formula is C9H12N2O2S. The zero-order chi connectivity index (χ0) is 10.6. The molecule has 0 fully saturated rings. The monoisotopic (exact) mass is 212 g/mol. The number of thioether (sulfide) groups is 1. The van der Waals surface area contributed by atoms with Crippen LogP contribution in [0, 0.1) is 10.1 Å². The summed E-state index contributed by atoms with van der Waals surface area (Å²) in [5.41, 5.74) is 1.07. The molecule has 0 aliphatic carbocycles. The lowest BCUT2D eigenvalue weighted by atomic mass is 10.3. The van der Waals surface area contributed by atoms with E-state index in [4.69, 9.17) is 0 Å². The van der Waals surface area contributed by atoms with Crippen LogP contribution in [0.2, 0.25) is 0 Å². The Labute approximate surface area is 86.9 Å². The second-order valence-electron chi connectivity index (χ2n) is 2.62. The summed E-state index contributed by atoms with van der Waals surface area (Å²) in [5.74, 6) is 0.899. The van der Waals surface area contributed by atoms with E-state index in [0.717, 1.165) is 16.3 Å². The predicted octanol–water partition coefficient (Wildman–Crippen LogP) is 2.75. The SMILES string of the molecule is CCSc1cc([N+](=O)[O-])ccc1NC. The number of nitrogens with zero attached hydrogens (tertiary/aromatic N) is 1. The third kappa shape index (κ3) is 2.38. The first-order valence-electron chi connectivity index (χ1n) is 4.28. The van der Waals surface area contributed by atoms with Crippen molar-refractivity contribution in [3.8, 4) is 0 Å². The van der Waals surface area contributed by atoms with Crippen LogP contribution in [0.25, 0.3) is 0 Å². The van der Waals surface area contributed by atoms with Crippen molar-refractivity contribution in [1.82, 2.24) is 0 Å². The van der Waals surface area contributed by atoms with Gasteiger partial charge in [0.1, 0.15) is 0 Å². The highest BCUT2D eigenvalue weighted by Gasteiger charge is 2.09. The van der Waals surface area contributed by atoms with Gasteiger partial charge in [-0.3, -0.25) is 10.1 Å². The highest BCUT2D eigenvalue weighted by Crippen LogP contribution is 2.30. The van der Waals surface area contributed by atoms with Crippen molar-refractivity contribution in [1.29, 1.82) is 0 Å². The fourth-order valence-corrected chi connectivity index (χ4v) is 1.95. The van der Waals surface area contributed by atoms with Crippen molar-refractivity contribution < 1.29 is 4.92 Å². The molecule has 0 unspecified atom stereocenters. The number of nitro benzene ring substituents is 1. The Morgan fingerprint density at radius 3 is 2.79 bits per heavy atom. The fourth-order valence-electron chi connectivity index (χ4n) is 1.11. The molecule has 0 atom stereocenters. The van der Waals surface area contributed by atoms with E-state index in [2.05, 4.69) is 5.32 Å². The van der Waals surface area contributed by atoms with E-state index >= 15 is 0 Å². The van der Waals surface area contributed by atoms with Gasteiger partial charge in [0.25, 0.3) is 5.69 Å². The number of hydrogen-bond donors (Lipinski definition) is 1. The number of anilines is 1. The lowest BCUT2D eigenvalue weighted by molar-refractivity contribution is -0.385. The number of hydrogen-bond acceptors (Lipinski definition) is 4. The van der Waals surface area contributed by atoms with Crippen LogP contribution in [0.5, 0.6) is 0 Å². The minimum Gasteiger partial charge on any atom is -0.387 e. The van der Waals surface area contributed by atoms with Crippen molar-refractivity contribution in [2.24, 2.45) is 0 Å². The number of non-ortho nitro benzene ring substituents is 1. The van der Waals surface area contributed by atoms with Gasteiger partial charge in [0.2, 0.25) is 0 Å². The number of nitro groups is 1. The average Bonchev–Trinajstić information content (AvgIpc) is 2.18. The first-order valence-corrected chi connectivity index (χ1v) is 5.26. The van der Waals surface area contributed by atoms with Crippen molar-refractivity contribution in [2.75, 3.05) is 18.1 Å². The first kappa shape index (κ1) is 10.8. The van der Waals surface area contributed by atoms with Crippen LogP contribution in [-0.2, 0) is 0 Å². The maximum absolute atomic E-state index is 10.5. The van der Waals surface area contributed by atoms with Crippen molar-refractivity contribution in [3.63, 3.8) is 0 Å². The molecule has 0 aromatic heterocycles. The van der Waals surface area contributed by atoms with Gasteiger partial charge in [0.15, 0.2) is 0 Å². The molecule has 0 amide bonds. The summed E-state index contributed by atoms with van der Waals surface area (Å²) in [6, 6.07) is 4.84. The van der Waals surface area contributed by atoms with E-state index in [9.17, 15) is 10.1 Å². The molecule has 1 rings (SSSR count). The van der Waals surface area contributed by atoms with Crippen LogP contribution in [0.4, 0.5) is 11.4 Å². The van der Waals surface area contributed by atoms with Crippen LogP contribution >= 0.6 is 11.8 Å². The van der Waals surface area contributed by atoms with Crippen molar-refractivity contribution in [2.45, 2.75) is 11.8 Å². The summed E-state index contributed by atoms with van der Waals surface area (Å²) >= 11 is 1.59. The lowest BCUT2D eigenvalue weighted by Crippen LogP contribution is -1.93. The molecule has 76 valence electrons. The molecule has 1 N–H and O–H groups in total. The molecule has 14 heavy (non-hydrogen) atoms. The van der Waals surface area contributed by atoms with Crippen LogP contribution in [0.15, 0.2) is 23.1 Å². The molecule has 0 spiro atoms. The minimum atomic E-state index is -0.376. The molecule has 0 radical (unpaired) electrons. The van der Waals surface area contributed by atoms with Crippen LogP contribution in [0.1, 0.15) is 6.92 Å². The molecule has 0 aliphatic heterocycles. The second kappa shape index (κ2) is 4.85. The van der Waals surface area contributed by atoms with Gasteiger partial charge in [-0.2, -0.15) is 0 Å². The Kier molecular flexibility index (Phi) is 3.76. The smallest absolute Gasteiger partial charge is 0.270 e. The minimum absolute atomic E-state index is 0.139. The van der Waals surface area contributed by atoms with Gasteiger partial charge in [0, 0.05) is 29.8 Å². The predicted molar refractivity (Wildman–Crippen MR) is 59.0 cm³/mol. The summed E-state index contributed by atoms with van der Waals surface area (Å²) in [6.45, 7) is 2.02. The summed E-state index contributed by atoms with van der Waals surface area (Å²) < 4.78 is 0. The Bertz CT molecular complexity index is 342. The standard InChI is InChI=1S/C9H12N2O2S/c1-3-14-9-6-7(11(12)13)4-5-8(9)10-2/h4-6,10H,3H2,1-2H3. The molecule has 0 bridgehead atoms. The van der Waals surface area contributed by atoms with Crippen LogP contribution < -0.4 is 5.32 Å². The van der Waals surface area contributed by atoms with Crippen LogP contribution in [-0.4, -0.2) is 17.7 Å². The van der Waals surface area contributed by atoms with Gasteiger partial charge in [-0.15, -0.1) is 11.8 Å². The number of nitrogens with one attached hydrogen (secondary N) is 1. The van der Waals surface area contributed by atoms with E-state index in [0.29, 0.717) is 0 Å². The second-order valence-corrected chi connectivity index (χ2v) is 3.93. The average molecular weight is 212 g/mol. The third-order valence-electron chi connectivity index (χ3n) is 1.75. The normalized spacial score (nSPS) is 9.86. The van der Waals surface area contributed by atoms with Gasteiger partial charge >= 0.3 is 0 Å². The summed E-state index contributed by atoms with van der Waals surface area (Å²) in [7, 11) is 1.81. The Hall–Kier alpha value is -1.23. The quantitative estimate of drug-likeness (QED) is 0.473. The first-order chi connectivity index (χ1) is 6.69. The zero-order valence-corrected chi connectivity index (χ0v) is 8.93. The van der Waals surface area contributed by atoms with Gasteiger partial charge < -0.3 is 5.32 Å². The molecule has 5 heteroatoms. The summed E-state index contributed by atoms with van der Waals surface area (Å²) in [5, 5.41) is 13.5. The van der Waals surface area contributed by atoms with Crippen molar-refractivity contribution >= 4 is 23.1 Å². The number of rotatable bonds is 4. The Balaban J connectivity index is 3.07. The molecule has 0 saturated heterocycles. The lowest BCUT2D eigenvalue weighted by Gasteiger charge is -2.06. The molecule has 0 aliphatic rings. The van der Waals surface area contributed by atoms with Crippen LogP contribution in [0.3, 0.4) is 0 Å². The molecule has 4 nitrogen and oxygen atoms in total. The van der Waals surface area contributed by atoms with Gasteiger partial charge in [-0.1, -0.05) is 6.92 Å². The fraction of sp³-hybridized carbons (Fsp3) is 0.333. The maximum atomic E-state index is 10.5. The Morgan fingerprint density at radius 2 is 2.29 bits per heavy atom. The maximum Gasteiger partial charge on any atom is 0.270 e. The van der Waals surface area contributed by atoms with Crippen molar-refractivity contribution in [3.05, 3.63) is 28.3 Å². The Morgan fingerprint density at radius 1 is 1.57 bits per heavy atom. The van der Waals surface area contributed by atoms with E-state index in [-0.39, 0.29) is 10.6 Å². The van der Waals surface area contributed by atoms with Gasteiger partial charge in [-0.05, 0) is 11.8 Å². The molecule has 1 aromatic rings. The largest absolute Gasteiger partial charge is 0.387 e. The van der Waals surface area contributed by atoms with E-state index in [1.807, 2.05) is 6.92 Å². The van der Waals surface area contributed by atoms with Gasteiger partial charge in [-0.25, -0.2) is 0 Å². The molecule has 0 heterocycles. The zero-order valence-electron chi connectivity index (χ0n) is 8.11. The molecular weight excluding hydrogens is 200 g/mol. The van der Waals surface area contributed by atoms with Gasteiger partial charge in [0.05, 0.1) is 4.92 Å². The van der Waals surface area contributed by atoms with E-state index in [1.165, 1.54) is 6.07 Å². The molecule has 1 aromatic carbocycles. The topological polar surface area (TPSA) is 55.2 Å². The highest BCUT2D eigenvalue weighted by atomic mass is 32.2. The summed E-state index contributed by atoms with van der Waals surface area (Å²) in [6.07, 6.45) is 0. The third-order valence-corrected chi connectivity index (χ3v) is 2.68. The summed E-state index contributed by atoms with van der Waals surface area (Å²) in [4.78, 5) is 11.1. The van der Waals surface area contributed by atoms with E-state index < -0.39 is 0 Å². The molecule has 0 saturated carbocycles. The highest BCUT2D eigenvalue weighted by molar-refractivity contribution is 7.99. The van der Waals surface area contributed by atoms with E-state index in [1.54, 1.807) is 30.9 Å². The number of benzene rings is 1.